The Bertz CT molecular complexity index is 265. The van der Waals surface area contributed by atoms with E-state index in [2.05, 4.69) is 9.89 Å². The van der Waals surface area contributed by atoms with Gasteiger partial charge in [-0.1, -0.05) is 12.8 Å². The first kappa shape index (κ1) is 12.6. The number of rotatable bonds is 3. The van der Waals surface area contributed by atoms with Crippen LogP contribution in [0.2, 0.25) is 0 Å². The Balaban J connectivity index is 1.93. The van der Waals surface area contributed by atoms with E-state index in [4.69, 9.17) is 15.2 Å². The van der Waals surface area contributed by atoms with E-state index in [1.807, 2.05) is 0 Å². The van der Waals surface area contributed by atoms with Crippen molar-refractivity contribution in [2.24, 2.45) is 10.7 Å². The fourth-order valence-corrected chi connectivity index (χ4v) is 2.69. The predicted octanol–water partition coefficient (Wildman–Crippen LogP) is 0.589. The van der Waals surface area contributed by atoms with Gasteiger partial charge in [0.05, 0.1) is 6.04 Å². The van der Waals surface area contributed by atoms with E-state index in [-0.39, 0.29) is 12.2 Å². The number of aliphatic imine (C=N–C) groups is 1. The van der Waals surface area contributed by atoms with Gasteiger partial charge < -0.3 is 20.1 Å². The zero-order chi connectivity index (χ0) is 12.3. The number of hydrogen-bond acceptors (Lipinski definition) is 3. The zero-order valence-electron chi connectivity index (χ0n) is 10.8. The van der Waals surface area contributed by atoms with Crippen LogP contribution in [0.4, 0.5) is 0 Å². The molecule has 2 atom stereocenters. The predicted molar refractivity (Wildman–Crippen MR) is 67.0 cm³/mol. The maximum absolute atomic E-state index is 6.06. The van der Waals surface area contributed by atoms with E-state index < -0.39 is 0 Å². The molecule has 0 spiro atoms. The Morgan fingerprint density at radius 2 is 1.65 bits per heavy atom. The molecule has 17 heavy (non-hydrogen) atoms. The maximum Gasteiger partial charge on any atom is 0.191 e. The van der Waals surface area contributed by atoms with Crippen LogP contribution in [-0.2, 0) is 9.47 Å². The van der Waals surface area contributed by atoms with Crippen molar-refractivity contribution in [3.8, 4) is 0 Å². The normalized spacial score (nSPS) is 31.4. The average Bonchev–Trinajstić information content (AvgIpc) is 2.96. The Morgan fingerprint density at radius 3 is 2.12 bits per heavy atom. The number of likely N-dealkylation sites (tertiary alicyclic amines) is 1. The van der Waals surface area contributed by atoms with E-state index in [1.54, 1.807) is 14.2 Å². The molecule has 5 nitrogen and oxygen atoms in total. The second-order valence-corrected chi connectivity index (χ2v) is 4.88. The molecular weight excluding hydrogens is 218 g/mol. The van der Waals surface area contributed by atoms with E-state index in [1.165, 1.54) is 25.7 Å². The summed E-state index contributed by atoms with van der Waals surface area (Å²) in [6.07, 6.45) is 5.10. The highest BCUT2D eigenvalue weighted by Crippen LogP contribution is 2.22. The van der Waals surface area contributed by atoms with Crippen molar-refractivity contribution in [1.29, 1.82) is 0 Å². The van der Waals surface area contributed by atoms with Crippen LogP contribution in [0.5, 0.6) is 0 Å². The van der Waals surface area contributed by atoms with Crippen LogP contribution in [0, 0.1) is 0 Å². The monoisotopic (exact) mass is 241 g/mol. The molecule has 1 saturated carbocycles. The van der Waals surface area contributed by atoms with Gasteiger partial charge in [0.25, 0.3) is 0 Å². The lowest BCUT2D eigenvalue weighted by Crippen LogP contribution is -2.37. The molecule has 2 aliphatic rings. The summed E-state index contributed by atoms with van der Waals surface area (Å²) in [5.74, 6) is 0.651. The van der Waals surface area contributed by atoms with Crippen molar-refractivity contribution in [3.05, 3.63) is 0 Å². The lowest BCUT2D eigenvalue weighted by molar-refractivity contribution is -0.00461. The molecule has 0 bridgehead atoms. The Hall–Kier alpha value is -0.810. The third-order valence-corrected chi connectivity index (χ3v) is 3.78. The summed E-state index contributed by atoms with van der Waals surface area (Å²) < 4.78 is 10.8. The Kier molecular flexibility index (Phi) is 4.23. The van der Waals surface area contributed by atoms with Gasteiger partial charge in [-0.15, -0.1) is 0 Å². The molecule has 2 unspecified atom stereocenters. The topological polar surface area (TPSA) is 60.1 Å². The van der Waals surface area contributed by atoms with Crippen LogP contribution in [0.1, 0.15) is 25.7 Å². The molecule has 98 valence electrons. The molecule has 0 radical (unpaired) electrons. The summed E-state index contributed by atoms with van der Waals surface area (Å²) in [6, 6.07) is 0.428. The lowest BCUT2D eigenvalue weighted by Gasteiger charge is -2.18. The molecule has 0 aromatic carbocycles. The van der Waals surface area contributed by atoms with E-state index in [0.29, 0.717) is 12.0 Å². The van der Waals surface area contributed by atoms with Gasteiger partial charge in [-0.25, -0.2) is 4.99 Å². The van der Waals surface area contributed by atoms with Crippen molar-refractivity contribution in [1.82, 2.24) is 4.90 Å². The smallest absolute Gasteiger partial charge is 0.191 e. The second-order valence-electron chi connectivity index (χ2n) is 4.88. The van der Waals surface area contributed by atoms with Gasteiger partial charge in [0.2, 0.25) is 0 Å². The molecule has 2 fully saturated rings. The van der Waals surface area contributed by atoms with Gasteiger partial charge in [-0.3, -0.25) is 0 Å². The highest BCUT2D eigenvalue weighted by atomic mass is 16.5. The largest absolute Gasteiger partial charge is 0.377 e. The molecule has 1 aliphatic heterocycles. The van der Waals surface area contributed by atoms with Crippen molar-refractivity contribution >= 4 is 5.96 Å². The first-order valence-electron chi connectivity index (χ1n) is 6.38. The van der Waals surface area contributed by atoms with Crippen molar-refractivity contribution in [2.45, 2.75) is 43.9 Å². The summed E-state index contributed by atoms with van der Waals surface area (Å²) in [7, 11) is 3.43. The van der Waals surface area contributed by atoms with E-state index >= 15 is 0 Å². The zero-order valence-corrected chi connectivity index (χ0v) is 10.8. The van der Waals surface area contributed by atoms with Crippen LogP contribution >= 0.6 is 0 Å². The highest BCUT2D eigenvalue weighted by Gasteiger charge is 2.34. The van der Waals surface area contributed by atoms with E-state index in [0.717, 1.165) is 13.1 Å². The minimum Gasteiger partial charge on any atom is -0.377 e. The first-order valence-corrected chi connectivity index (χ1v) is 6.38. The second kappa shape index (κ2) is 5.69. The van der Waals surface area contributed by atoms with Gasteiger partial charge in [-0.2, -0.15) is 0 Å². The molecule has 1 heterocycles. The van der Waals surface area contributed by atoms with Crippen LogP contribution in [0.25, 0.3) is 0 Å². The fourth-order valence-electron chi connectivity index (χ4n) is 2.69. The Morgan fingerprint density at radius 1 is 1.12 bits per heavy atom. The number of nitrogens with two attached hydrogens (primary N) is 1. The molecular formula is C12H23N3O2. The minimum absolute atomic E-state index is 0.0947. The Labute approximate surface area is 103 Å². The van der Waals surface area contributed by atoms with Crippen LogP contribution in [-0.4, -0.2) is 56.4 Å². The maximum atomic E-state index is 6.06. The van der Waals surface area contributed by atoms with Crippen molar-refractivity contribution < 1.29 is 9.47 Å². The molecule has 1 aliphatic carbocycles. The van der Waals surface area contributed by atoms with Gasteiger partial charge in [0, 0.05) is 27.3 Å². The minimum atomic E-state index is 0.0947. The first-order chi connectivity index (χ1) is 8.24. The van der Waals surface area contributed by atoms with Crippen molar-refractivity contribution in [3.63, 3.8) is 0 Å². The number of nitrogens with zero attached hydrogens (tertiary/aromatic N) is 2. The summed E-state index contributed by atoms with van der Waals surface area (Å²) in [5.41, 5.74) is 6.06. The van der Waals surface area contributed by atoms with Crippen LogP contribution in [0.15, 0.2) is 4.99 Å². The number of hydrogen-bond donors (Lipinski definition) is 1. The average molecular weight is 241 g/mol. The molecule has 1 saturated heterocycles. The summed E-state index contributed by atoms with van der Waals surface area (Å²) in [4.78, 5) is 6.67. The van der Waals surface area contributed by atoms with Gasteiger partial charge in [0.15, 0.2) is 5.96 Å². The molecule has 0 aromatic heterocycles. The number of ether oxygens (including phenoxy) is 2. The summed E-state index contributed by atoms with van der Waals surface area (Å²) in [5, 5.41) is 0. The van der Waals surface area contributed by atoms with Crippen molar-refractivity contribution in [2.75, 3.05) is 27.3 Å². The van der Waals surface area contributed by atoms with Crippen LogP contribution in [0.3, 0.4) is 0 Å². The van der Waals surface area contributed by atoms with E-state index in [9.17, 15) is 0 Å². The summed E-state index contributed by atoms with van der Waals surface area (Å²) in [6.45, 7) is 1.55. The highest BCUT2D eigenvalue weighted by molar-refractivity contribution is 5.78. The summed E-state index contributed by atoms with van der Waals surface area (Å²) >= 11 is 0. The fraction of sp³-hybridized carbons (Fsp3) is 0.917. The van der Waals surface area contributed by atoms with Gasteiger partial charge in [0.1, 0.15) is 12.2 Å². The number of methoxy groups -OCH3 is 2. The lowest BCUT2D eigenvalue weighted by atomic mass is 10.3. The molecule has 2 rings (SSSR count). The molecule has 2 N–H and O–H groups in total. The SMILES string of the molecule is COC1CN(C(N)=NC2CCCC2)CC1OC. The standard InChI is InChI=1S/C12H23N3O2/c1-16-10-7-15(8-11(10)17-2)12(13)14-9-5-3-4-6-9/h9-11H,3-8H2,1-2H3,(H2,13,14). The quantitative estimate of drug-likeness (QED) is 0.580. The third-order valence-electron chi connectivity index (χ3n) is 3.78. The molecule has 5 heteroatoms. The third kappa shape index (κ3) is 2.90. The molecule has 0 aromatic rings. The number of guanidine groups is 1. The van der Waals surface area contributed by atoms with Gasteiger partial charge in [-0.05, 0) is 12.8 Å². The van der Waals surface area contributed by atoms with Crippen LogP contribution < -0.4 is 5.73 Å². The molecule has 0 amide bonds. The van der Waals surface area contributed by atoms with Gasteiger partial charge >= 0.3 is 0 Å².